The van der Waals surface area contributed by atoms with Crippen molar-refractivity contribution >= 4 is 11.8 Å². The number of thioether (sulfide) groups is 1. The lowest BCUT2D eigenvalue weighted by Crippen LogP contribution is -2.19. The smallest absolute Gasteiger partial charge is 0.395 e. The summed E-state index contributed by atoms with van der Waals surface area (Å²) in [5, 5.41) is 0. The van der Waals surface area contributed by atoms with Crippen LogP contribution in [0.3, 0.4) is 0 Å². The molecule has 0 aliphatic carbocycles. The van der Waals surface area contributed by atoms with Gasteiger partial charge in [-0.25, -0.2) is 0 Å². The Balaban J connectivity index is 2.67. The van der Waals surface area contributed by atoms with Gasteiger partial charge in [-0.1, -0.05) is 18.2 Å². The van der Waals surface area contributed by atoms with Crippen molar-refractivity contribution in [2.75, 3.05) is 6.26 Å². The molecule has 1 aromatic rings. The van der Waals surface area contributed by atoms with Crippen molar-refractivity contribution in [1.29, 1.82) is 0 Å². The van der Waals surface area contributed by atoms with E-state index in [4.69, 9.17) is 5.73 Å². The van der Waals surface area contributed by atoms with Crippen molar-refractivity contribution in [3.05, 3.63) is 41.6 Å². The lowest BCUT2D eigenvalue weighted by molar-refractivity contribution is -0.0928. The molecule has 0 bridgehead atoms. The van der Waals surface area contributed by atoms with E-state index in [-0.39, 0.29) is 6.42 Å². The average Bonchev–Trinajstić information content (AvgIpc) is 2.25. The van der Waals surface area contributed by atoms with E-state index in [1.54, 1.807) is 23.9 Å². The van der Waals surface area contributed by atoms with Crippen LogP contribution in [0, 0.1) is 0 Å². The first-order valence-electron chi connectivity index (χ1n) is 4.59. The molecule has 0 saturated carbocycles. The number of rotatable bonds is 3. The summed E-state index contributed by atoms with van der Waals surface area (Å²) in [6.45, 7) is 0. The van der Waals surface area contributed by atoms with Crippen LogP contribution in [-0.4, -0.2) is 12.4 Å². The minimum absolute atomic E-state index is 0.194. The molecule has 0 spiro atoms. The van der Waals surface area contributed by atoms with E-state index in [9.17, 15) is 13.2 Å². The third kappa shape index (κ3) is 3.81. The van der Waals surface area contributed by atoms with E-state index >= 15 is 0 Å². The average molecular weight is 247 g/mol. The standard InChI is InChI=1S/C11H12F3NS/c1-16-9-5-2-8(3-6-9)4-7-10(15)11(12,13)14/h2-3,5-7H,4,15H2,1H3/b10-7+. The van der Waals surface area contributed by atoms with E-state index in [0.29, 0.717) is 0 Å². The summed E-state index contributed by atoms with van der Waals surface area (Å²) in [7, 11) is 0. The van der Waals surface area contributed by atoms with Gasteiger partial charge in [-0.15, -0.1) is 11.8 Å². The van der Waals surface area contributed by atoms with E-state index in [1.165, 1.54) is 0 Å². The van der Waals surface area contributed by atoms with Crippen LogP contribution in [0.2, 0.25) is 0 Å². The molecular weight excluding hydrogens is 235 g/mol. The fourth-order valence-corrected chi connectivity index (χ4v) is 1.51. The Morgan fingerprint density at radius 2 is 1.88 bits per heavy atom. The second-order valence-electron chi connectivity index (χ2n) is 3.21. The van der Waals surface area contributed by atoms with Crippen LogP contribution in [0.4, 0.5) is 13.2 Å². The van der Waals surface area contributed by atoms with Crippen molar-refractivity contribution in [3.8, 4) is 0 Å². The van der Waals surface area contributed by atoms with Crippen LogP contribution in [0.5, 0.6) is 0 Å². The van der Waals surface area contributed by atoms with Crippen LogP contribution in [-0.2, 0) is 6.42 Å². The number of benzene rings is 1. The van der Waals surface area contributed by atoms with Gasteiger partial charge in [-0.05, 0) is 30.4 Å². The quantitative estimate of drug-likeness (QED) is 0.829. The van der Waals surface area contributed by atoms with E-state index in [1.807, 2.05) is 18.4 Å². The second-order valence-corrected chi connectivity index (χ2v) is 4.09. The Hall–Kier alpha value is -1.10. The Labute approximate surface area is 96.5 Å². The first kappa shape index (κ1) is 13.0. The third-order valence-electron chi connectivity index (χ3n) is 2.04. The molecule has 5 heteroatoms. The van der Waals surface area contributed by atoms with Gasteiger partial charge in [0, 0.05) is 4.90 Å². The second kappa shape index (κ2) is 5.30. The van der Waals surface area contributed by atoms with Crippen molar-refractivity contribution in [2.45, 2.75) is 17.5 Å². The topological polar surface area (TPSA) is 26.0 Å². The maximum atomic E-state index is 12.1. The first-order chi connectivity index (χ1) is 7.43. The molecule has 0 unspecified atom stereocenters. The highest BCUT2D eigenvalue weighted by molar-refractivity contribution is 7.98. The minimum atomic E-state index is -4.43. The Bertz CT molecular complexity index is 368. The first-order valence-corrected chi connectivity index (χ1v) is 5.81. The van der Waals surface area contributed by atoms with E-state index in [0.717, 1.165) is 16.5 Å². The monoisotopic (exact) mass is 247 g/mol. The van der Waals surface area contributed by atoms with Gasteiger partial charge >= 0.3 is 6.18 Å². The predicted molar refractivity (Wildman–Crippen MR) is 60.3 cm³/mol. The van der Waals surface area contributed by atoms with E-state index < -0.39 is 11.9 Å². The van der Waals surface area contributed by atoms with Gasteiger partial charge in [-0.2, -0.15) is 13.2 Å². The zero-order chi connectivity index (χ0) is 12.2. The molecule has 0 aromatic heterocycles. The predicted octanol–water partition coefficient (Wildman–Crippen LogP) is 3.36. The van der Waals surface area contributed by atoms with Gasteiger partial charge in [0.25, 0.3) is 0 Å². The van der Waals surface area contributed by atoms with Gasteiger partial charge in [-0.3, -0.25) is 0 Å². The molecule has 0 amide bonds. The summed E-state index contributed by atoms with van der Waals surface area (Å²) in [5.41, 5.74) is 4.66. The Morgan fingerprint density at radius 1 is 1.31 bits per heavy atom. The Morgan fingerprint density at radius 3 is 2.31 bits per heavy atom. The van der Waals surface area contributed by atoms with Crippen LogP contribution in [0.15, 0.2) is 40.9 Å². The van der Waals surface area contributed by atoms with Gasteiger partial charge in [0.2, 0.25) is 0 Å². The van der Waals surface area contributed by atoms with Gasteiger partial charge < -0.3 is 5.73 Å². The Kier molecular flexibility index (Phi) is 4.29. The molecule has 1 aromatic carbocycles. The summed E-state index contributed by atoms with van der Waals surface area (Å²) in [6.07, 6.45) is -1.30. The van der Waals surface area contributed by atoms with Crippen molar-refractivity contribution in [1.82, 2.24) is 0 Å². The summed E-state index contributed by atoms with van der Waals surface area (Å²) in [4.78, 5) is 1.08. The zero-order valence-electron chi connectivity index (χ0n) is 8.71. The summed E-state index contributed by atoms with van der Waals surface area (Å²) < 4.78 is 36.2. The molecule has 0 radical (unpaired) electrons. The molecule has 0 saturated heterocycles. The molecule has 2 N–H and O–H groups in total. The van der Waals surface area contributed by atoms with Crippen LogP contribution in [0.25, 0.3) is 0 Å². The molecule has 0 aliphatic rings. The SMILES string of the molecule is CSc1ccc(C/C=C(/N)C(F)(F)F)cc1. The van der Waals surface area contributed by atoms with Crippen molar-refractivity contribution < 1.29 is 13.2 Å². The van der Waals surface area contributed by atoms with Crippen molar-refractivity contribution in [3.63, 3.8) is 0 Å². The molecule has 16 heavy (non-hydrogen) atoms. The highest BCUT2D eigenvalue weighted by Crippen LogP contribution is 2.22. The molecule has 0 aliphatic heterocycles. The summed E-state index contributed by atoms with van der Waals surface area (Å²) in [6, 6.07) is 7.34. The number of allylic oxidation sites excluding steroid dienone is 2. The molecule has 1 rings (SSSR count). The number of hydrogen-bond acceptors (Lipinski definition) is 2. The number of alkyl halides is 3. The van der Waals surface area contributed by atoms with Crippen LogP contribution >= 0.6 is 11.8 Å². The molecule has 0 fully saturated rings. The van der Waals surface area contributed by atoms with Gasteiger partial charge in [0.1, 0.15) is 5.70 Å². The highest BCUT2D eigenvalue weighted by Gasteiger charge is 2.30. The number of halogens is 3. The number of hydrogen-bond donors (Lipinski definition) is 1. The normalized spacial score (nSPS) is 12.9. The summed E-state index contributed by atoms with van der Waals surface area (Å²) in [5.74, 6) is 0. The minimum Gasteiger partial charge on any atom is -0.395 e. The lowest BCUT2D eigenvalue weighted by atomic mass is 10.1. The third-order valence-corrected chi connectivity index (χ3v) is 2.79. The molecule has 0 atom stereocenters. The van der Waals surface area contributed by atoms with Crippen molar-refractivity contribution in [2.24, 2.45) is 5.73 Å². The molecule has 0 heterocycles. The molecular formula is C11H12F3NS. The van der Waals surface area contributed by atoms with E-state index in [2.05, 4.69) is 0 Å². The molecule has 1 nitrogen and oxygen atoms in total. The largest absolute Gasteiger partial charge is 0.430 e. The maximum Gasteiger partial charge on any atom is 0.430 e. The van der Waals surface area contributed by atoms with Crippen LogP contribution < -0.4 is 5.73 Å². The zero-order valence-corrected chi connectivity index (χ0v) is 9.53. The fraction of sp³-hybridized carbons (Fsp3) is 0.273. The number of nitrogens with two attached hydrogens (primary N) is 1. The van der Waals surface area contributed by atoms with Gasteiger partial charge in [0.15, 0.2) is 0 Å². The summed E-state index contributed by atoms with van der Waals surface area (Å²) >= 11 is 1.59. The highest BCUT2D eigenvalue weighted by atomic mass is 32.2. The molecule has 88 valence electrons. The van der Waals surface area contributed by atoms with Gasteiger partial charge in [0.05, 0.1) is 0 Å². The van der Waals surface area contributed by atoms with Crippen LogP contribution in [0.1, 0.15) is 5.56 Å². The fourth-order valence-electron chi connectivity index (χ4n) is 1.11. The lowest BCUT2D eigenvalue weighted by Gasteiger charge is -2.06. The maximum absolute atomic E-state index is 12.1.